The van der Waals surface area contributed by atoms with Crippen molar-refractivity contribution in [1.29, 1.82) is 5.26 Å². The number of halogens is 1. The molecule has 9 nitrogen and oxygen atoms in total. The molecule has 3 rings (SSSR count). The van der Waals surface area contributed by atoms with Crippen LogP contribution in [0.25, 0.3) is 0 Å². The first-order chi connectivity index (χ1) is 16.7. The maximum atomic E-state index is 12.1. The fourth-order valence-electron chi connectivity index (χ4n) is 4.79. The van der Waals surface area contributed by atoms with E-state index in [0.717, 1.165) is 25.7 Å². The van der Waals surface area contributed by atoms with Gasteiger partial charge in [-0.15, -0.1) is 0 Å². The Kier molecular flexibility index (Phi) is 8.57. The number of nitrogens with one attached hydrogen (secondary N) is 1. The molecule has 186 valence electrons. The van der Waals surface area contributed by atoms with Crippen LogP contribution in [0.5, 0.6) is 5.75 Å². The van der Waals surface area contributed by atoms with Crippen molar-refractivity contribution in [2.45, 2.75) is 39.5 Å². The van der Waals surface area contributed by atoms with E-state index >= 15 is 0 Å². The van der Waals surface area contributed by atoms with Crippen molar-refractivity contribution in [3.63, 3.8) is 0 Å². The van der Waals surface area contributed by atoms with E-state index in [-0.39, 0.29) is 21.5 Å². The Morgan fingerprint density at radius 2 is 2.20 bits per heavy atom. The topological polar surface area (TPSA) is 129 Å². The Morgan fingerprint density at radius 1 is 1.43 bits per heavy atom. The van der Waals surface area contributed by atoms with E-state index in [1.54, 1.807) is 24.3 Å². The summed E-state index contributed by atoms with van der Waals surface area (Å²) in [5.74, 6) is 0.760. The number of ether oxygens (including phenoxy) is 1. The first-order valence-corrected chi connectivity index (χ1v) is 12.3. The van der Waals surface area contributed by atoms with Crippen LogP contribution in [0.3, 0.4) is 0 Å². The van der Waals surface area contributed by atoms with Gasteiger partial charge in [0.25, 0.3) is 0 Å². The highest BCUT2D eigenvalue weighted by atomic mass is 79.9. The van der Waals surface area contributed by atoms with E-state index < -0.39 is 11.0 Å². The smallest absolute Gasteiger partial charge is 0.411 e. The fourth-order valence-corrected chi connectivity index (χ4v) is 5.39. The van der Waals surface area contributed by atoms with E-state index in [9.17, 15) is 25.3 Å². The second kappa shape index (κ2) is 11.4. The van der Waals surface area contributed by atoms with Crippen molar-refractivity contribution >= 4 is 39.1 Å². The number of hydrogen-bond donors (Lipinski definition) is 2. The van der Waals surface area contributed by atoms with Gasteiger partial charge in [-0.3, -0.25) is 15.0 Å². The minimum absolute atomic E-state index is 0.105. The van der Waals surface area contributed by atoms with Crippen LogP contribution in [0.2, 0.25) is 0 Å². The largest absolute Gasteiger partial charge is 0.494 e. The van der Waals surface area contributed by atoms with Gasteiger partial charge in [0, 0.05) is 19.2 Å². The summed E-state index contributed by atoms with van der Waals surface area (Å²) >= 11 is 3.20. The molecule has 1 aliphatic rings. The summed E-state index contributed by atoms with van der Waals surface area (Å²) in [7, 11) is 0. The summed E-state index contributed by atoms with van der Waals surface area (Å²) in [6.45, 7) is 5.32. The molecule has 1 saturated carbocycles. The standard InChI is InChI=1S/C25H29BrN4O5/c1-3-35-20-8-4-7-19(12-20)29(24(31)32)15-17-6-5-9-25(2,13-17)16-28-22-11-18(14-27)10-21(26)23(22)30(33)34/h4,7-8,10-12,17,28H,3,5-6,9,13,15-16H2,1-2H3,(H,31,32). The van der Waals surface area contributed by atoms with Gasteiger partial charge in [-0.2, -0.15) is 5.26 Å². The summed E-state index contributed by atoms with van der Waals surface area (Å²) in [5.41, 5.74) is 0.893. The van der Waals surface area contributed by atoms with Crippen LogP contribution in [0.1, 0.15) is 45.1 Å². The van der Waals surface area contributed by atoms with Crippen LogP contribution in [0, 0.1) is 32.8 Å². The lowest BCUT2D eigenvalue weighted by Gasteiger charge is -2.40. The number of carboxylic acid groups (broad SMARTS) is 1. The number of carbonyl (C=O) groups is 1. The second-order valence-electron chi connectivity index (χ2n) is 9.17. The molecule has 35 heavy (non-hydrogen) atoms. The summed E-state index contributed by atoms with van der Waals surface area (Å²) in [4.78, 5) is 24.6. The first-order valence-electron chi connectivity index (χ1n) is 11.5. The number of rotatable bonds is 9. The van der Waals surface area contributed by atoms with Crippen molar-refractivity contribution in [1.82, 2.24) is 0 Å². The molecular weight excluding hydrogens is 516 g/mol. The van der Waals surface area contributed by atoms with Gasteiger partial charge in [0.15, 0.2) is 0 Å². The molecule has 1 aliphatic carbocycles. The quantitative estimate of drug-likeness (QED) is 0.275. The normalized spacial score (nSPS) is 19.4. The van der Waals surface area contributed by atoms with E-state index in [2.05, 4.69) is 28.2 Å². The Hall–Kier alpha value is -3.32. The van der Waals surface area contributed by atoms with Gasteiger partial charge in [0.2, 0.25) is 0 Å². The van der Waals surface area contributed by atoms with E-state index in [0.29, 0.717) is 42.4 Å². The molecule has 0 spiro atoms. The maximum Gasteiger partial charge on any atom is 0.411 e. The highest BCUT2D eigenvalue weighted by Gasteiger charge is 2.34. The average Bonchev–Trinajstić information content (AvgIpc) is 2.81. The lowest BCUT2D eigenvalue weighted by Crippen LogP contribution is -2.40. The molecule has 0 bridgehead atoms. The van der Waals surface area contributed by atoms with E-state index in [1.807, 2.05) is 13.0 Å². The zero-order valence-corrected chi connectivity index (χ0v) is 21.4. The number of benzene rings is 2. The molecule has 0 radical (unpaired) electrons. The molecule has 0 aromatic heterocycles. The summed E-state index contributed by atoms with van der Waals surface area (Å²) in [6, 6.07) is 12.0. The lowest BCUT2D eigenvalue weighted by molar-refractivity contribution is -0.384. The van der Waals surface area contributed by atoms with Crippen LogP contribution in [0.15, 0.2) is 40.9 Å². The Balaban J connectivity index is 1.74. The molecule has 1 fully saturated rings. The van der Waals surface area contributed by atoms with Crippen molar-refractivity contribution in [2.75, 3.05) is 29.9 Å². The number of anilines is 2. The molecule has 10 heteroatoms. The highest BCUT2D eigenvalue weighted by molar-refractivity contribution is 9.10. The van der Waals surface area contributed by atoms with Crippen molar-refractivity contribution in [3.05, 3.63) is 56.5 Å². The summed E-state index contributed by atoms with van der Waals surface area (Å²) < 4.78 is 5.78. The SMILES string of the molecule is CCOc1cccc(N(CC2CCCC(C)(CNc3cc(C#N)cc(Br)c3[N+](=O)[O-])C2)C(=O)O)c1. The molecule has 2 unspecified atom stereocenters. The van der Waals surface area contributed by atoms with Crippen LogP contribution in [-0.4, -0.2) is 35.8 Å². The summed E-state index contributed by atoms with van der Waals surface area (Å²) in [5, 5.41) is 33.9. The molecule has 0 aliphatic heterocycles. The Labute approximate surface area is 213 Å². The molecule has 2 aromatic rings. The van der Waals surface area contributed by atoms with Crippen LogP contribution >= 0.6 is 15.9 Å². The fraction of sp³-hybridized carbons (Fsp3) is 0.440. The monoisotopic (exact) mass is 544 g/mol. The average molecular weight is 545 g/mol. The van der Waals surface area contributed by atoms with Gasteiger partial charge >= 0.3 is 11.8 Å². The van der Waals surface area contributed by atoms with Crippen LogP contribution in [0.4, 0.5) is 21.9 Å². The number of nitro benzene ring substituents is 1. The molecular formula is C25H29BrN4O5. The lowest BCUT2D eigenvalue weighted by atomic mass is 9.70. The number of nitriles is 1. The minimum Gasteiger partial charge on any atom is -0.494 e. The van der Waals surface area contributed by atoms with Crippen molar-refractivity contribution in [3.8, 4) is 11.8 Å². The highest BCUT2D eigenvalue weighted by Crippen LogP contribution is 2.41. The second-order valence-corrected chi connectivity index (χ2v) is 10.0. The predicted octanol–water partition coefficient (Wildman–Crippen LogP) is 6.42. The van der Waals surface area contributed by atoms with Gasteiger partial charge in [-0.05, 0) is 77.7 Å². The minimum atomic E-state index is -1.02. The third-order valence-electron chi connectivity index (χ3n) is 6.37. The van der Waals surface area contributed by atoms with Gasteiger partial charge in [0.1, 0.15) is 11.4 Å². The number of nitrogens with zero attached hydrogens (tertiary/aromatic N) is 3. The predicted molar refractivity (Wildman–Crippen MR) is 137 cm³/mol. The van der Waals surface area contributed by atoms with Crippen LogP contribution < -0.4 is 15.0 Å². The van der Waals surface area contributed by atoms with Gasteiger partial charge < -0.3 is 15.2 Å². The van der Waals surface area contributed by atoms with Crippen molar-refractivity contribution < 1.29 is 19.6 Å². The zero-order valence-electron chi connectivity index (χ0n) is 19.8. The van der Waals surface area contributed by atoms with Crippen molar-refractivity contribution in [2.24, 2.45) is 11.3 Å². The number of amides is 1. The number of nitro groups is 1. The molecule has 1 amide bonds. The Morgan fingerprint density at radius 3 is 2.86 bits per heavy atom. The third kappa shape index (κ3) is 6.63. The number of hydrogen-bond acceptors (Lipinski definition) is 6. The molecule has 2 N–H and O–H groups in total. The zero-order chi connectivity index (χ0) is 25.6. The van der Waals surface area contributed by atoms with Gasteiger partial charge in [0.05, 0.1) is 33.3 Å². The third-order valence-corrected chi connectivity index (χ3v) is 6.97. The van der Waals surface area contributed by atoms with Gasteiger partial charge in [-0.25, -0.2) is 4.79 Å². The van der Waals surface area contributed by atoms with Crippen LogP contribution in [-0.2, 0) is 0 Å². The molecule has 2 aromatic carbocycles. The maximum absolute atomic E-state index is 12.1. The molecule has 2 atom stereocenters. The first kappa shape index (κ1) is 26.3. The molecule has 0 heterocycles. The van der Waals surface area contributed by atoms with E-state index in [1.165, 1.54) is 17.0 Å². The summed E-state index contributed by atoms with van der Waals surface area (Å²) in [6.07, 6.45) is 2.50. The van der Waals surface area contributed by atoms with Gasteiger partial charge in [-0.1, -0.05) is 19.4 Å². The van der Waals surface area contributed by atoms with E-state index in [4.69, 9.17) is 4.74 Å². The molecule has 0 saturated heterocycles. The Bertz CT molecular complexity index is 1140.